The van der Waals surface area contributed by atoms with Crippen molar-refractivity contribution in [1.29, 1.82) is 0 Å². The molecule has 0 aliphatic rings. The summed E-state index contributed by atoms with van der Waals surface area (Å²) in [5.41, 5.74) is 0.932. The zero-order valence-electron chi connectivity index (χ0n) is 6.42. The first-order valence-electron chi connectivity index (χ1n) is 3.35. The van der Waals surface area contributed by atoms with E-state index in [2.05, 4.69) is 6.58 Å². The van der Waals surface area contributed by atoms with Crippen molar-refractivity contribution in [2.24, 2.45) is 0 Å². The number of hydrogen-bond donors (Lipinski definition) is 0. The molecule has 0 heterocycles. The van der Waals surface area contributed by atoms with Crippen LogP contribution < -0.4 is 4.90 Å². The number of rotatable bonds is 2. The average Bonchev–Trinajstić information content (AvgIpc) is 2.05. The van der Waals surface area contributed by atoms with Gasteiger partial charge in [-0.3, -0.25) is 0 Å². The quantitative estimate of drug-likeness (QED) is 0.627. The monoisotopic (exact) mass is 151 g/mol. The Morgan fingerprint density at radius 3 is 2.36 bits per heavy atom. The summed E-state index contributed by atoms with van der Waals surface area (Å²) in [5.74, 6) is -0.216. The van der Waals surface area contributed by atoms with Crippen LogP contribution in [0, 0.1) is 5.82 Å². The molecule has 2 heteroatoms. The van der Waals surface area contributed by atoms with E-state index in [1.165, 1.54) is 12.1 Å². The van der Waals surface area contributed by atoms with Crippen LogP contribution in [0.15, 0.2) is 37.0 Å². The molecule has 1 aromatic carbocycles. The zero-order chi connectivity index (χ0) is 8.27. The molecule has 0 saturated carbocycles. The van der Waals surface area contributed by atoms with Crippen LogP contribution >= 0.6 is 0 Å². The number of halogens is 1. The lowest BCUT2D eigenvalue weighted by Gasteiger charge is -2.12. The van der Waals surface area contributed by atoms with E-state index in [0.717, 1.165) is 5.69 Å². The van der Waals surface area contributed by atoms with Crippen LogP contribution in [0.2, 0.25) is 0 Å². The number of nitrogens with zero attached hydrogens (tertiary/aromatic N) is 1. The molecule has 0 N–H and O–H groups in total. The van der Waals surface area contributed by atoms with E-state index >= 15 is 0 Å². The van der Waals surface area contributed by atoms with Gasteiger partial charge < -0.3 is 4.90 Å². The molecular formula is C9H10FN. The SMILES string of the molecule is C=CN(C)c1ccc(F)cc1. The molecule has 1 nitrogen and oxygen atoms in total. The molecule has 0 saturated heterocycles. The smallest absolute Gasteiger partial charge is 0.123 e. The molecule has 0 aliphatic heterocycles. The van der Waals surface area contributed by atoms with Crippen LogP contribution in [0.5, 0.6) is 0 Å². The van der Waals surface area contributed by atoms with Crippen LogP contribution in [0.3, 0.4) is 0 Å². The van der Waals surface area contributed by atoms with Crippen LogP contribution in [-0.4, -0.2) is 7.05 Å². The molecule has 0 amide bonds. The van der Waals surface area contributed by atoms with Crippen LogP contribution in [0.4, 0.5) is 10.1 Å². The van der Waals surface area contributed by atoms with Gasteiger partial charge in [0.1, 0.15) is 5.82 Å². The maximum atomic E-state index is 12.4. The second-order valence-electron chi connectivity index (χ2n) is 2.27. The zero-order valence-corrected chi connectivity index (χ0v) is 6.42. The topological polar surface area (TPSA) is 3.24 Å². The normalized spacial score (nSPS) is 9.27. The van der Waals surface area contributed by atoms with Gasteiger partial charge in [-0.2, -0.15) is 0 Å². The molecule has 0 aromatic heterocycles. The highest BCUT2D eigenvalue weighted by Crippen LogP contribution is 2.12. The van der Waals surface area contributed by atoms with Gasteiger partial charge in [-0.25, -0.2) is 4.39 Å². The van der Waals surface area contributed by atoms with E-state index in [4.69, 9.17) is 0 Å². The maximum Gasteiger partial charge on any atom is 0.123 e. The lowest BCUT2D eigenvalue weighted by molar-refractivity contribution is 0.628. The van der Waals surface area contributed by atoms with Gasteiger partial charge in [-0.15, -0.1) is 0 Å². The van der Waals surface area contributed by atoms with Gasteiger partial charge in [0.15, 0.2) is 0 Å². The molecule has 0 bridgehead atoms. The third-order valence-electron chi connectivity index (χ3n) is 1.51. The van der Waals surface area contributed by atoms with Gasteiger partial charge in [0.05, 0.1) is 0 Å². The first-order valence-corrected chi connectivity index (χ1v) is 3.35. The lowest BCUT2D eigenvalue weighted by atomic mass is 10.3. The second kappa shape index (κ2) is 3.19. The van der Waals surface area contributed by atoms with E-state index in [9.17, 15) is 4.39 Å². The second-order valence-corrected chi connectivity index (χ2v) is 2.27. The molecule has 1 rings (SSSR count). The predicted octanol–water partition coefficient (Wildman–Crippen LogP) is 2.41. The molecule has 1 aromatic rings. The standard InChI is InChI=1S/C9H10FN/c1-3-11(2)9-6-4-8(10)5-7-9/h3-7H,1H2,2H3. The molecule has 0 fully saturated rings. The van der Waals surface area contributed by atoms with Crippen LogP contribution in [-0.2, 0) is 0 Å². The van der Waals surface area contributed by atoms with Crippen LogP contribution in [0.1, 0.15) is 0 Å². The Bertz CT molecular complexity index is 240. The molecule has 0 radical (unpaired) electrons. The van der Waals surface area contributed by atoms with Crippen molar-refractivity contribution in [3.8, 4) is 0 Å². The Balaban J connectivity index is 2.89. The Morgan fingerprint density at radius 2 is 1.91 bits per heavy atom. The van der Waals surface area contributed by atoms with Gasteiger partial charge in [0.2, 0.25) is 0 Å². The van der Waals surface area contributed by atoms with E-state index in [0.29, 0.717) is 0 Å². The van der Waals surface area contributed by atoms with E-state index < -0.39 is 0 Å². The number of anilines is 1. The third-order valence-corrected chi connectivity index (χ3v) is 1.51. The summed E-state index contributed by atoms with van der Waals surface area (Å²) in [6.45, 7) is 3.59. The Kier molecular flexibility index (Phi) is 2.26. The Hall–Kier alpha value is -1.31. The fourth-order valence-electron chi connectivity index (χ4n) is 0.782. The molecule has 0 spiro atoms. The molecule has 0 aliphatic carbocycles. The highest BCUT2D eigenvalue weighted by Gasteiger charge is 1.94. The first kappa shape index (κ1) is 7.79. The van der Waals surface area contributed by atoms with Crippen molar-refractivity contribution in [3.05, 3.63) is 42.9 Å². The minimum absolute atomic E-state index is 0.216. The van der Waals surface area contributed by atoms with Crippen LogP contribution in [0.25, 0.3) is 0 Å². The van der Waals surface area contributed by atoms with E-state index in [1.54, 1.807) is 18.3 Å². The predicted molar refractivity (Wildman–Crippen MR) is 45.0 cm³/mol. The molecule has 0 unspecified atom stereocenters. The van der Waals surface area contributed by atoms with E-state index in [1.807, 2.05) is 11.9 Å². The van der Waals surface area contributed by atoms with E-state index in [-0.39, 0.29) is 5.82 Å². The van der Waals surface area contributed by atoms with Crippen molar-refractivity contribution in [1.82, 2.24) is 0 Å². The first-order chi connectivity index (χ1) is 5.24. The highest BCUT2D eigenvalue weighted by molar-refractivity contribution is 5.47. The van der Waals surface area contributed by atoms with Gasteiger partial charge in [0, 0.05) is 12.7 Å². The van der Waals surface area contributed by atoms with Crippen molar-refractivity contribution >= 4 is 5.69 Å². The van der Waals surface area contributed by atoms with Gasteiger partial charge in [0.25, 0.3) is 0 Å². The number of hydrogen-bond acceptors (Lipinski definition) is 1. The van der Waals surface area contributed by atoms with Crippen molar-refractivity contribution in [2.45, 2.75) is 0 Å². The molecule has 0 atom stereocenters. The summed E-state index contributed by atoms with van der Waals surface area (Å²) in [6.07, 6.45) is 1.67. The van der Waals surface area contributed by atoms with Crippen molar-refractivity contribution < 1.29 is 4.39 Å². The van der Waals surface area contributed by atoms with Gasteiger partial charge in [-0.05, 0) is 30.5 Å². The molecular weight excluding hydrogens is 141 g/mol. The fourth-order valence-corrected chi connectivity index (χ4v) is 0.782. The highest BCUT2D eigenvalue weighted by atomic mass is 19.1. The minimum Gasteiger partial charge on any atom is -0.352 e. The van der Waals surface area contributed by atoms with Crippen molar-refractivity contribution in [2.75, 3.05) is 11.9 Å². The Morgan fingerprint density at radius 1 is 1.36 bits per heavy atom. The summed E-state index contributed by atoms with van der Waals surface area (Å²) < 4.78 is 12.4. The summed E-state index contributed by atoms with van der Waals surface area (Å²) in [5, 5.41) is 0. The van der Waals surface area contributed by atoms with Crippen molar-refractivity contribution in [3.63, 3.8) is 0 Å². The molecule has 11 heavy (non-hydrogen) atoms. The Labute approximate surface area is 65.8 Å². The fraction of sp³-hybridized carbons (Fsp3) is 0.111. The summed E-state index contributed by atoms with van der Waals surface area (Å²) in [7, 11) is 1.86. The minimum atomic E-state index is -0.216. The summed E-state index contributed by atoms with van der Waals surface area (Å²) in [4.78, 5) is 1.82. The third kappa shape index (κ3) is 1.80. The summed E-state index contributed by atoms with van der Waals surface area (Å²) in [6, 6.07) is 6.26. The van der Waals surface area contributed by atoms with Gasteiger partial charge >= 0.3 is 0 Å². The average molecular weight is 151 g/mol. The van der Waals surface area contributed by atoms with Gasteiger partial charge in [-0.1, -0.05) is 6.58 Å². The largest absolute Gasteiger partial charge is 0.352 e. The lowest BCUT2D eigenvalue weighted by Crippen LogP contribution is -2.06. The molecule has 58 valence electrons. The summed E-state index contributed by atoms with van der Waals surface area (Å²) >= 11 is 0. The number of benzene rings is 1. The maximum absolute atomic E-state index is 12.4.